The van der Waals surface area contributed by atoms with Crippen molar-refractivity contribution in [2.24, 2.45) is 0 Å². The summed E-state index contributed by atoms with van der Waals surface area (Å²) in [4.78, 5) is 43.2. The first-order valence-corrected chi connectivity index (χ1v) is 7.14. The molecule has 0 aromatic carbocycles. The van der Waals surface area contributed by atoms with Gasteiger partial charge in [-0.05, 0) is 26.7 Å². The van der Waals surface area contributed by atoms with Crippen molar-refractivity contribution in [3.05, 3.63) is 11.1 Å². The highest BCUT2D eigenvalue weighted by Gasteiger charge is 2.16. The molecule has 0 fully saturated rings. The Labute approximate surface area is 129 Å². The van der Waals surface area contributed by atoms with Crippen molar-refractivity contribution >= 4 is 23.4 Å². The molecular weight excluding hydrogens is 288 g/mol. The number of carbonyl (C=O) groups excluding carboxylic acids is 4. The molecule has 0 saturated heterocycles. The van der Waals surface area contributed by atoms with E-state index in [4.69, 9.17) is 0 Å². The zero-order chi connectivity index (χ0) is 17.1. The van der Waals surface area contributed by atoms with Crippen molar-refractivity contribution < 1.29 is 29.4 Å². The van der Waals surface area contributed by atoms with Crippen LogP contribution in [-0.4, -0.2) is 45.9 Å². The molecule has 2 unspecified atom stereocenters. The molecule has 0 aromatic rings. The van der Waals surface area contributed by atoms with Crippen molar-refractivity contribution in [1.82, 2.24) is 0 Å². The smallest absolute Gasteiger partial charge is 0.134 e. The first-order valence-electron chi connectivity index (χ1n) is 7.14. The number of carbonyl (C=O) groups is 2. The Kier molecular flexibility index (Phi) is 9.92. The van der Waals surface area contributed by atoms with E-state index in [1.807, 2.05) is 0 Å². The molecule has 22 heavy (non-hydrogen) atoms. The van der Waals surface area contributed by atoms with Gasteiger partial charge in [0.1, 0.15) is 23.4 Å². The molecule has 0 spiro atoms. The van der Waals surface area contributed by atoms with E-state index in [1.165, 1.54) is 13.8 Å². The summed E-state index contributed by atoms with van der Waals surface area (Å²) in [6, 6.07) is 0. The second-order valence-corrected chi connectivity index (χ2v) is 5.33. The lowest BCUT2D eigenvalue weighted by Gasteiger charge is -2.13. The third kappa shape index (κ3) is 8.45. The van der Waals surface area contributed by atoms with Crippen LogP contribution in [0.3, 0.4) is 0 Å². The molecule has 2 atom stereocenters. The molecule has 0 bridgehead atoms. The minimum absolute atomic E-state index is 0.0260. The van der Waals surface area contributed by atoms with Gasteiger partial charge in [0, 0.05) is 24.0 Å². The molecule has 2 N–H and O–H groups in total. The van der Waals surface area contributed by atoms with Crippen LogP contribution in [0.25, 0.3) is 0 Å². The molecule has 6 heteroatoms. The molecular formula is C16H22O6. The number of hydrogen-bond donors (Lipinski definition) is 2. The zero-order valence-electron chi connectivity index (χ0n) is 12.9. The lowest BCUT2D eigenvalue weighted by Crippen LogP contribution is -2.15. The monoisotopic (exact) mass is 310 g/mol. The predicted molar refractivity (Wildman–Crippen MR) is 79.5 cm³/mol. The largest absolute Gasteiger partial charge is 0.388 e. The lowest BCUT2D eigenvalue weighted by molar-refractivity contribution is -0.117. The quantitative estimate of drug-likeness (QED) is 0.430. The van der Waals surface area contributed by atoms with Crippen molar-refractivity contribution in [3.63, 3.8) is 0 Å². The fourth-order valence-corrected chi connectivity index (χ4v) is 2.00. The number of rotatable bonds is 11. The maximum Gasteiger partial charge on any atom is 0.134 e. The first-order chi connectivity index (χ1) is 10.3. The van der Waals surface area contributed by atoms with Crippen molar-refractivity contribution in [3.8, 4) is 0 Å². The van der Waals surface area contributed by atoms with E-state index in [9.17, 15) is 29.4 Å². The fraction of sp³-hybridized carbons (Fsp3) is 0.625. The van der Waals surface area contributed by atoms with Gasteiger partial charge in [0.15, 0.2) is 0 Å². The van der Waals surface area contributed by atoms with Gasteiger partial charge in [-0.15, -0.1) is 0 Å². The molecule has 0 aliphatic rings. The Morgan fingerprint density at radius 1 is 0.818 bits per heavy atom. The van der Waals surface area contributed by atoms with Gasteiger partial charge in [-0.25, -0.2) is 9.59 Å². The number of aliphatic hydroxyl groups excluding tert-OH is 2. The Bertz CT molecular complexity index is 449. The minimum atomic E-state index is -1.03. The molecule has 0 saturated carbocycles. The van der Waals surface area contributed by atoms with Gasteiger partial charge in [-0.1, -0.05) is 12.8 Å². The van der Waals surface area contributed by atoms with Gasteiger partial charge in [0.25, 0.3) is 0 Å². The van der Waals surface area contributed by atoms with Crippen molar-refractivity contribution in [1.29, 1.82) is 0 Å². The third-order valence-electron chi connectivity index (χ3n) is 3.15. The predicted octanol–water partition coefficient (Wildman–Crippen LogP) is 0.743. The topological polar surface area (TPSA) is 109 Å². The van der Waals surface area contributed by atoms with Gasteiger partial charge in [-0.2, -0.15) is 0 Å². The number of hydrogen-bond acceptors (Lipinski definition) is 6. The van der Waals surface area contributed by atoms with Gasteiger partial charge >= 0.3 is 0 Å². The number of unbranched alkanes of at least 4 members (excludes halogenated alkanes) is 1. The van der Waals surface area contributed by atoms with Crippen LogP contribution in [0.5, 0.6) is 0 Å². The summed E-state index contributed by atoms with van der Waals surface area (Å²) in [5.41, 5.74) is 0.0520. The molecule has 6 nitrogen and oxygen atoms in total. The summed E-state index contributed by atoms with van der Waals surface area (Å²) in [5, 5.41) is 19.5. The molecule has 0 aromatic heterocycles. The molecule has 0 rings (SSSR count). The third-order valence-corrected chi connectivity index (χ3v) is 3.15. The SMILES string of the molecule is CC(=O)CC(=C=O)C(O)CCCCC(O)C(=C=O)CC(C)=O. The van der Waals surface area contributed by atoms with E-state index in [-0.39, 0.29) is 48.4 Å². The van der Waals surface area contributed by atoms with Crippen molar-refractivity contribution in [2.45, 2.75) is 64.6 Å². The maximum atomic E-state index is 10.9. The van der Waals surface area contributed by atoms with E-state index in [0.717, 1.165) is 0 Å². The summed E-state index contributed by atoms with van der Waals surface area (Å²) in [6.45, 7) is 2.64. The minimum Gasteiger partial charge on any atom is -0.388 e. The summed E-state index contributed by atoms with van der Waals surface area (Å²) in [5.74, 6) is 2.72. The average Bonchev–Trinajstić information content (AvgIpc) is 2.45. The zero-order valence-corrected chi connectivity index (χ0v) is 12.9. The molecule has 0 aliphatic heterocycles. The Balaban J connectivity index is 4.21. The van der Waals surface area contributed by atoms with E-state index in [0.29, 0.717) is 12.8 Å². The molecule has 0 amide bonds. The van der Waals surface area contributed by atoms with Gasteiger partial charge in [0.2, 0.25) is 0 Å². The summed E-state index contributed by atoms with van der Waals surface area (Å²) in [6.07, 6.45) is -0.794. The van der Waals surface area contributed by atoms with Crippen LogP contribution in [-0.2, 0) is 19.2 Å². The van der Waals surface area contributed by atoms with E-state index >= 15 is 0 Å². The average molecular weight is 310 g/mol. The Hall–Kier alpha value is -1.84. The lowest BCUT2D eigenvalue weighted by atomic mass is 9.97. The highest BCUT2D eigenvalue weighted by atomic mass is 16.3. The normalized spacial score (nSPS) is 12.7. The van der Waals surface area contributed by atoms with Crippen LogP contribution in [0.15, 0.2) is 11.1 Å². The van der Waals surface area contributed by atoms with Crippen LogP contribution < -0.4 is 0 Å². The van der Waals surface area contributed by atoms with Crippen LogP contribution in [0.2, 0.25) is 0 Å². The maximum absolute atomic E-state index is 10.9. The number of ketones is 2. The first kappa shape index (κ1) is 20.2. The fourth-order valence-electron chi connectivity index (χ4n) is 2.00. The van der Waals surface area contributed by atoms with Crippen LogP contribution in [0.4, 0.5) is 0 Å². The summed E-state index contributed by atoms with van der Waals surface area (Å²) in [7, 11) is 0. The number of Topliss-reactive ketones (excluding diaryl/α,β-unsaturated/α-hetero) is 2. The van der Waals surface area contributed by atoms with Crippen molar-refractivity contribution in [2.75, 3.05) is 0 Å². The van der Waals surface area contributed by atoms with E-state index < -0.39 is 12.2 Å². The Morgan fingerprint density at radius 2 is 1.14 bits per heavy atom. The van der Waals surface area contributed by atoms with Gasteiger partial charge in [0.05, 0.1) is 12.2 Å². The van der Waals surface area contributed by atoms with E-state index in [2.05, 4.69) is 0 Å². The Morgan fingerprint density at radius 3 is 1.36 bits per heavy atom. The molecule has 122 valence electrons. The van der Waals surface area contributed by atoms with Crippen LogP contribution >= 0.6 is 0 Å². The molecule has 0 aliphatic carbocycles. The van der Waals surface area contributed by atoms with Crippen LogP contribution in [0, 0.1) is 0 Å². The molecule has 0 radical (unpaired) electrons. The van der Waals surface area contributed by atoms with Gasteiger partial charge < -0.3 is 10.2 Å². The highest BCUT2D eigenvalue weighted by Crippen LogP contribution is 2.16. The standard InChI is InChI=1S/C16H22O6/c1-11(19)7-13(9-17)15(21)5-3-4-6-16(22)14(10-18)8-12(2)20/h15-16,21-22H,3-8H2,1-2H3. The number of aliphatic hydroxyl groups is 2. The second kappa shape index (κ2) is 10.8. The van der Waals surface area contributed by atoms with Gasteiger partial charge in [-0.3, -0.25) is 9.59 Å². The molecule has 0 heterocycles. The summed E-state index contributed by atoms with van der Waals surface area (Å²) < 4.78 is 0. The summed E-state index contributed by atoms with van der Waals surface area (Å²) >= 11 is 0. The van der Waals surface area contributed by atoms with E-state index in [1.54, 1.807) is 11.9 Å². The second-order valence-electron chi connectivity index (χ2n) is 5.33. The van der Waals surface area contributed by atoms with Crippen LogP contribution in [0.1, 0.15) is 52.4 Å². The highest BCUT2D eigenvalue weighted by molar-refractivity contribution is 5.81.